The molecule has 3 aliphatic heterocycles. The zero-order chi connectivity index (χ0) is 98.5. The molecule has 0 bridgehead atoms. The largest absolute Gasteiger partial charge is 0.486 e. The molecular weight excluding hydrogens is 2010 g/mol. The van der Waals surface area contributed by atoms with Gasteiger partial charge in [0.15, 0.2) is 54.7 Å². The molecule has 12 N–H and O–H groups in total. The first-order chi connectivity index (χ1) is 63.3. The standard InChI is InChI=1S/C18H14Cl2O4.C17H19NO6.C15H14F3N3O4S2.C13H8Cl2O4S.C13H12Cl2O4.C8H8F3N3O4S2/c1-18(11-5-3-2-4-6-11)8-10-7-12(24-9-13(21)22)15(19)16(20)14(10)17(18)23;1-3-16(19)24-15-7-18-12-6-14-13(5-11(12)17(15)20)22-9-10(23-14)8-21-4-2;16-15(17,18)10-7-11-13(8-12(10)26-25-24-19)27(22,23)21-14(20-11)6-9-4-2-1-3-5-9;14-11-7(13(18)9-2-1-5-20-9)3-4-8(12(11)15)19-6-10(16)17;1-3-7(2)13(18)8-4-5-9(12(15)11(8)14)19-6-10(16)17;9-8(10,11)4-1-5-7(2-6(4)19-18-17-12)20(15,16)14-3-13-5/h2-7H,8-9H2,1H3,(H,21,22);5-7,10H,3-4,8-9H2,1-2H3,(H,18,20);1-5,7-8,14,20-21H,6,19H2;1-5H,6H2,(H,16,17);4-5H,2-3,6H2,1H3,(H,16,17);1-2,13-14H,3,12H2. The number of hydrogen-bond acceptors (Lipinski definition) is 30. The molecule has 134 heavy (non-hydrogen) atoms. The number of anilines is 2. The van der Waals surface area contributed by atoms with E-state index < -0.39 is 109 Å². The van der Waals surface area contributed by atoms with Crippen molar-refractivity contribution in [2.75, 3.05) is 56.9 Å². The van der Waals surface area contributed by atoms with Gasteiger partial charge in [-0.25, -0.2) is 31.2 Å². The number of nitrogens with one attached hydrogen (secondary N) is 5. The number of pyridine rings is 1. The summed E-state index contributed by atoms with van der Waals surface area (Å²) in [7, 11) is -7.91. The quantitative estimate of drug-likeness (QED) is 0.00414. The Labute approximate surface area is 800 Å². The summed E-state index contributed by atoms with van der Waals surface area (Å²) in [6.07, 6.45) is -7.63. The number of aliphatic carboxylic acids is 3. The van der Waals surface area contributed by atoms with Crippen LogP contribution in [0.15, 0.2) is 188 Å². The molecule has 14 rings (SSSR count). The van der Waals surface area contributed by atoms with Gasteiger partial charge >= 0.3 is 36.2 Å². The molecule has 1 aliphatic carbocycles. The number of alkyl halides is 6. The molecule has 716 valence electrons. The Balaban J connectivity index is 0.000000181. The van der Waals surface area contributed by atoms with Crippen LogP contribution < -0.4 is 65.7 Å². The van der Waals surface area contributed by atoms with E-state index in [2.05, 4.69) is 62.1 Å². The lowest BCUT2D eigenvalue weighted by atomic mass is 9.79. The van der Waals surface area contributed by atoms with Gasteiger partial charge in [-0.15, -0.1) is 30.0 Å². The second-order valence-electron chi connectivity index (χ2n) is 27.9. The summed E-state index contributed by atoms with van der Waals surface area (Å²) in [5, 5.41) is 33.6. The second kappa shape index (κ2) is 47.8. The number of aromatic amines is 1. The number of rotatable bonds is 28. The van der Waals surface area contributed by atoms with Crippen LogP contribution in [0.5, 0.6) is 34.5 Å². The predicted molar refractivity (Wildman–Crippen MR) is 483 cm³/mol. The highest BCUT2D eigenvalue weighted by atomic mass is 35.5. The Bertz CT molecular complexity index is 6350. The number of benzene rings is 8. The maximum atomic E-state index is 13.3. The maximum absolute atomic E-state index is 13.3. The highest BCUT2D eigenvalue weighted by molar-refractivity contribution is 7.95. The Morgan fingerprint density at radius 3 is 1.72 bits per heavy atom. The molecular formula is C84H75Cl6F6N7O26S5. The zero-order valence-electron chi connectivity index (χ0n) is 69.5. The highest BCUT2D eigenvalue weighted by Crippen LogP contribution is 2.49. The number of ether oxygens (including phenoxy) is 7. The van der Waals surface area contributed by atoms with Crippen molar-refractivity contribution in [1.29, 1.82) is 0 Å². The van der Waals surface area contributed by atoms with Crippen LogP contribution in [0.1, 0.15) is 104 Å². The van der Waals surface area contributed by atoms with E-state index in [1.807, 2.05) is 44.2 Å². The lowest BCUT2D eigenvalue weighted by molar-refractivity contribution is -0.195. The molecule has 0 saturated carbocycles. The fourth-order valence-electron chi connectivity index (χ4n) is 12.5. The van der Waals surface area contributed by atoms with Crippen molar-refractivity contribution >= 4 is 189 Å². The lowest BCUT2D eigenvalue weighted by Crippen LogP contribution is -2.46. The SMILES string of the molecule is C=C(CC)C(=O)c1ccc(OCC(=O)O)c(Cl)c1Cl.CC1(c2ccccc2)Cc2cc(OCC(=O)O)c(Cl)c(Cl)c2C1=O.CCOCC1COc2cc3c(=O)c(OC(=O)CC)c[nH]c3cc2O1.NOOSc1cc2c(cc1C(F)(F)F)NC(Cc1ccccc1)NS2(=O)=O.NOOSc1cc2c(cc1C(F)(F)F)NCNS2(=O)=O.O=C(O)COc1ccc(C(=O)c2cccs2)c(Cl)c1Cl. The second-order valence-corrected chi connectivity index (χ2v) is 36.0. The third-order valence-corrected chi connectivity index (χ3v) is 26.6. The molecule has 50 heteroatoms. The normalized spacial score (nSPS) is 15.6. The third kappa shape index (κ3) is 27.7. The summed E-state index contributed by atoms with van der Waals surface area (Å²) >= 11 is 38.0. The van der Waals surface area contributed by atoms with Crippen LogP contribution >= 0.6 is 105 Å². The van der Waals surface area contributed by atoms with Crippen molar-refractivity contribution in [2.45, 2.75) is 103 Å². The molecule has 5 heterocycles. The number of aromatic nitrogens is 1. The van der Waals surface area contributed by atoms with E-state index >= 15 is 0 Å². The number of ketones is 3. The number of esters is 1. The molecule has 0 radical (unpaired) electrons. The summed E-state index contributed by atoms with van der Waals surface area (Å²) in [5.41, 5.74) is 0.732. The van der Waals surface area contributed by atoms with Gasteiger partial charge in [-0.05, 0) is 121 Å². The van der Waals surface area contributed by atoms with Crippen molar-refractivity contribution < 1.29 is 144 Å². The van der Waals surface area contributed by atoms with Crippen LogP contribution in [0.25, 0.3) is 10.9 Å². The van der Waals surface area contributed by atoms with Crippen LogP contribution in [0.2, 0.25) is 30.1 Å². The number of halogens is 12. The molecule has 3 atom stereocenters. The van der Waals surface area contributed by atoms with E-state index in [1.165, 1.54) is 41.8 Å². The lowest BCUT2D eigenvalue weighted by Gasteiger charge is -2.29. The third-order valence-electron chi connectivity index (χ3n) is 18.8. The number of carboxylic acid groups (broad SMARTS) is 3. The zero-order valence-corrected chi connectivity index (χ0v) is 78.2. The van der Waals surface area contributed by atoms with Gasteiger partial charge in [0.25, 0.3) is 0 Å². The Hall–Kier alpha value is -10.5. The van der Waals surface area contributed by atoms with Crippen molar-refractivity contribution in [1.82, 2.24) is 14.4 Å². The monoisotopic (exact) mass is 2080 g/mol. The van der Waals surface area contributed by atoms with Gasteiger partial charge < -0.3 is 64.1 Å². The summed E-state index contributed by atoms with van der Waals surface area (Å²) in [4.78, 5) is 102. The van der Waals surface area contributed by atoms with Crippen LogP contribution in [-0.2, 0) is 93.2 Å². The summed E-state index contributed by atoms with van der Waals surface area (Å²) < 4.78 is 177. The van der Waals surface area contributed by atoms with Gasteiger partial charge in [0.05, 0.1) is 112 Å². The van der Waals surface area contributed by atoms with Crippen LogP contribution in [0.3, 0.4) is 0 Å². The van der Waals surface area contributed by atoms with Gasteiger partial charge in [0.2, 0.25) is 31.3 Å². The molecule has 4 aliphatic rings. The Kier molecular flexibility index (Phi) is 38.2. The predicted octanol–water partition coefficient (Wildman–Crippen LogP) is 17.5. The smallest absolute Gasteiger partial charge is 0.417 e. The number of carbonyl (C=O) groups is 7. The fraction of sp³-hybridized carbons (Fsp3) is 0.238. The first-order valence-electron chi connectivity index (χ1n) is 38.5. The maximum Gasteiger partial charge on any atom is 0.417 e. The average Bonchev–Trinajstić information content (AvgIpc) is 1.56. The van der Waals surface area contributed by atoms with Crippen molar-refractivity contribution in [3.63, 3.8) is 0 Å². The first-order valence-corrected chi connectivity index (χ1v) is 46.1. The van der Waals surface area contributed by atoms with Crippen molar-refractivity contribution in [3.8, 4) is 34.5 Å². The fourth-order valence-corrected chi connectivity index (χ4v) is 18.3. The van der Waals surface area contributed by atoms with E-state index in [1.54, 1.807) is 79.9 Å². The molecule has 10 aromatic rings. The molecule has 0 spiro atoms. The van der Waals surface area contributed by atoms with E-state index in [-0.39, 0.29) is 158 Å². The highest BCUT2D eigenvalue weighted by Gasteiger charge is 2.46. The van der Waals surface area contributed by atoms with Crippen molar-refractivity contribution in [3.05, 3.63) is 253 Å². The molecule has 0 amide bonds. The molecule has 0 fully saturated rings. The van der Waals surface area contributed by atoms with Crippen molar-refractivity contribution in [2.24, 2.45) is 11.8 Å². The number of hydrogen-bond donors (Lipinski definition) is 10. The number of thiophene rings is 1. The number of fused-ring (bicyclic) bond motifs is 5. The Morgan fingerprint density at radius 2 is 1.18 bits per heavy atom. The van der Waals surface area contributed by atoms with Gasteiger partial charge in [-0.2, -0.15) is 47.6 Å². The number of Topliss-reactive ketones (excluding diaryl/α,β-unsaturated/α-hetero) is 2. The number of sulfonamides is 2. The summed E-state index contributed by atoms with van der Waals surface area (Å²) in [6.45, 7) is 10.5. The van der Waals surface area contributed by atoms with Gasteiger partial charge in [0.1, 0.15) is 48.7 Å². The van der Waals surface area contributed by atoms with Crippen LogP contribution in [-0.4, -0.2) is 137 Å². The number of H-pyrrole nitrogens is 1. The molecule has 33 nitrogen and oxygen atoms in total. The average molecular weight is 2090 g/mol. The number of carboxylic acids is 3. The van der Waals surface area contributed by atoms with E-state index in [0.717, 1.165) is 29.3 Å². The van der Waals surface area contributed by atoms with E-state index in [4.69, 9.17) is 118 Å². The van der Waals surface area contributed by atoms with Crippen LogP contribution in [0, 0.1) is 0 Å². The number of allylic oxidation sites excluding steroid dienone is 1. The minimum Gasteiger partial charge on any atom is -0.486 e. The van der Waals surface area contributed by atoms with Gasteiger partial charge in [-0.3, -0.25) is 24.0 Å². The summed E-state index contributed by atoms with van der Waals surface area (Å²) in [6, 6.07) is 35.6. The molecule has 2 aromatic heterocycles. The Morgan fingerprint density at radius 1 is 0.634 bits per heavy atom. The topological polar surface area (TPSA) is 483 Å². The molecule has 8 aromatic carbocycles. The van der Waals surface area contributed by atoms with E-state index in [0.29, 0.717) is 82.7 Å². The van der Waals surface area contributed by atoms with Crippen LogP contribution in [0.4, 0.5) is 37.7 Å². The minimum atomic E-state index is -4.74. The van der Waals surface area contributed by atoms with E-state index in [9.17, 15) is 81.5 Å². The number of carbonyl (C=O) groups excluding carboxylic acids is 4. The minimum absolute atomic E-state index is 0.0117. The summed E-state index contributed by atoms with van der Waals surface area (Å²) in [5.74, 6) is 6.17. The number of nitrogens with two attached hydrogens (primary N) is 2. The molecule has 3 unspecified atom stereocenters. The van der Waals surface area contributed by atoms with Gasteiger partial charge in [0, 0.05) is 48.4 Å². The van der Waals surface area contributed by atoms with Gasteiger partial charge in [-0.1, -0.05) is 157 Å². The molecule has 0 saturated heterocycles. The first kappa shape index (κ1) is 107.